The van der Waals surface area contributed by atoms with Crippen molar-refractivity contribution in [3.05, 3.63) is 88.8 Å². The molecule has 0 spiro atoms. The summed E-state index contributed by atoms with van der Waals surface area (Å²) in [6.07, 6.45) is 1.11. The highest BCUT2D eigenvalue weighted by molar-refractivity contribution is 8.18. The molecular weight excluding hydrogens is 436 g/mol. The van der Waals surface area contributed by atoms with E-state index in [9.17, 15) is 5.11 Å². The van der Waals surface area contributed by atoms with Gasteiger partial charge in [0.2, 0.25) is 0 Å². The molecule has 3 aromatic carbocycles. The average Bonchev–Trinajstić information content (AvgIpc) is 3.18. The molecule has 1 fully saturated rings. The highest BCUT2D eigenvalue weighted by Crippen LogP contribution is 2.40. The maximum atomic E-state index is 11.3. The number of benzene rings is 3. The standard InChI is InChI=1S/C26H24N2O4S/c1-30-21-10-8-20(9-11-21)28-25(29)24(33-26(28)27-17-18-5-3-2-4-6-18)16-19-7-12-22-23(15-19)32-14-13-31-22/h2-12,15-16,25,29H,13-14,17H2,1H3/b24-16-,27-26?. The lowest BCUT2D eigenvalue weighted by Crippen LogP contribution is -2.33. The number of aliphatic imine (C=N–C) groups is 1. The summed E-state index contributed by atoms with van der Waals surface area (Å²) in [4.78, 5) is 7.47. The predicted molar refractivity (Wildman–Crippen MR) is 132 cm³/mol. The molecule has 7 heteroatoms. The first-order valence-electron chi connectivity index (χ1n) is 10.7. The van der Waals surface area contributed by atoms with E-state index in [0.29, 0.717) is 19.8 Å². The van der Waals surface area contributed by atoms with E-state index in [4.69, 9.17) is 19.2 Å². The van der Waals surface area contributed by atoms with Gasteiger partial charge in [0, 0.05) is 10.6 Å². The maximum Gasteiger partial charge on any atom is 0.171 e. The molecule has 0 amide bonds. The third-order valence-corrected chi connectivity index (χ3v) is 6.45. The van der Waals surface area contributed by atoms with E-state index in [-0.39, 0.29) is 0 Å². The van der Waals surface area contributed by atoms with Gasteiger partial charge >= 0.3 is 0 Å². The first kappa shape index (κ1) is 21.4. The Morgan fingerprint density at radius 3 is 2.55 bits per heavy atom. The van der Waals surface area contributed by atoms with Crippen LogP contribution in [0.1, 0.15) is 11.1 Å². The Labute approximate surface area is 197 Å². The van der Waals surface area contributed by atoms with Gasteiger partial charge in [-0.2, -0.15) is 0 Å². The van der Waals surface area contributed by atoms with E-state index in [2.05, 4.69) is 0 Å². The van der Waals surface area contributed by atoms with Crippen molar-refractivity contribution in [3.8, 4) is 17.2 Å². The van der Waals surface area contributed by atoms with Gasteiger partial charge in [-0.25, -0.2) is 0 Å². The second-order valence-corrected chi connectivity index (χ2v) is 8.62. The summed E-state index contributed by atoms with van der Waals surface area (Å²) in [5, 5.41) is 12.0. The third kappa shape index (κ3) is 4.69. The van der Waals surface area contributed by atoms with Crippen LogP contribution in [0.25, 0.3) is 6.08 Å². The van der Waals surface area contributed by atoms with Gasteiger partial charge < -0.3 is 19.3 Å². The number of nitrogens with zero attached hydrogens (tertiary/aromatic N) is 2. The summed E-state index contributed by atoms with van der Waals surface area (Å²) in [6.45, 7) is 1.62. The molecule has 33 heavy (non-hydrogen) atoms. The Morgan fingerprint density at radius 1 is 1.03 bits per heavy atom. The molecule has 2 heterocycles. The van der Waals surface area contributed by atoms with Crippen LogP contribution in [0.3, 0.4) is 0 Å². The minimum atomic E-state index is -0.855. The highest BCUT2D eigenvalue weighted by Gasteiger charge is 2.34. The summed E-state index contributed by atoms with van der Waals surface area (Å²) in [7, 11) is 1.64. The van der Waals surface area contributed by atoms with Crippen molar-refractivity contribution in [3.63, 3.8) is 0 Å². The summed E-state index contributed by atoms with van der Waals surface area (Å²) in [6, 6.07) is 23.5. The predicted octanol–water partition coefficient (Wildman–Crippen LogP) is 4.94. The average molecular weight is 461 g/mol. The Kier molecular flexibility index (Phi) is 6.24. The van der Waals surface area contributed by atoms with Gasteiger partial charge in [-0.1, -0.05) is 48.2 Å². The molecule has 0 radical (unpaired) electrons. The van der Waals surface area contributed by atoms with E-state index in [1.165, 1.54) is 11.8 Å². The van der Waals surface area contributed by atoms with E-state index in [1.54, 1.807) is 7.11 Å². The van der Waals surface area contributed by atoms with E-state index >= 15 is 0 Å². The maximum absolute atomic E-state index is 11.3. The Hall–Kier alpha value is -3.42. The van der Waals surface area contributed by atoms with Crippen LogP contribution in [0.2, 0.25) is 0 Å². The molecule has 0 saturated carbocycles. The molecule has 0 aliphatic carbocycles. The molecule has 2 aliphatic rings. The van der Waals surface area contributed by atoms with Crippen LogP contribution in [0, 0.1) is 0 Å². The zero-order valence-electron chi connectivity index (χ0n) is 18.2. The second-order valence-electron chi connectivity index (χ2n) is 7.58. The summed E-state index contributed by atoms with van der Waals surface area (Å²) in [5.74, 6) is 2.22. The van der Waals surface area contributed by atoms with Crippen molar-refractivity contribution < 1.29 is 19.3 Å². The summed E-state index contributed by atoms with van der Waals surface area (Å²) in [5.41, 5.74) is 2.88. The number of methoxy groups -OCH3 is 1. The fourth-order valence-electron chi connectivity index (χ4n) is 3.70. The first-order valence-corrected chi connectivity index (χ1v) is 11.5. The van der Waals surface area contributed by atoms with Gasteiger partial charge in [0.15, 0.2) is 22.9 Å². The van der Waals surface area contributed by atoms with Gasteiger partial charge in [-0.05, 0) is 53.6 Å². The smallest absolute Gasteiger partial charge is 0.171 e. The van der Waals surface area contributed by atoms with Crippen molar-refractivity contribution in [1.82, 2.24) is 0 Å². The van der Waals surface area contributed by atoms with Crippen molar-refractivity contribution >= 4 is 28.7 Å². The lowest BCUT2D eigenvalue weighted by atomic mass is 10.1. The van der Waals surface area contributed by atoms with Crippen LogP contribution < -0.4 is 19.1 Å². The quantitative estimate of drug-likeness (QED) is 0.582. The normalized spacial score (nSPS) is 19.8. The van der Waals surface area contributed by atoms with E-state index in [1.807, 2.05) is 83.8 Å². The van der Waals surface area contributed by atoms with Crippen LogP contribution in [-0.2, 0) is 6.54 Å². The molecule has 0 bridgehead atoms. The number of fused-ring (bicyclic) bond motifs is 1. The molecule has 168 valence electrons. The third-order valence-electron chi connectivity index (χ3n) is 5.38. The van der Waals surface area contributed by atoms with E-state index in [0.717, 1.165) is 44.1 Å². The molecule has 0 aromatic heterocycles. The van der Waals surface area contributed by atoms with Crippen molar-refractivity contribution in [2.24, 2.45) is 4.99 Å². The fourth-order valence-corrected chi connectivity index (χ4v) is 4.75. The number of aliphatic hydroxyl groups is 1. The molecule has 5 rings (SSSR count). The first-order chi connectivity index (χ1) is 16.2. The molecule has 1 N–H and O–H groups in total. The van der Waals surface area contributed by atoms with Crippen LogP contribution in [-0.4, -0.2) is 36.8 Å². The van der Waals surface area contributed by atoms with E-state index < -0.39 is 6.23 Å². The van der Waals surface area contributed by atoms with Crippen LogP contribution in [0.4, 0.5) is 5.69 Å². The number of rotatable bonds is 5. The number of aliphatic hydroxyl groups excluding tert-OH is 1. The summed E-state index contributed by atoms with van der Waals surface area (Å²) >= 11 is 1.47. The van der Waals surface area contributed by atoms with Crippen molar-refractivity contribution in [1.29, 1.82) is 0 Å². The minimum absolute atomic E-state index is 0.528. The van der Waals surface area contributed by atoms with Gasteiger partial charge in [-0.15, -0.1) is 0 Å². The van der Waals surface area contributed by atoms with Crippen LogP contribution >= 0.6 is 11.8 Å². The number of hydrogen-bond acceptors (Lipinski definition) is 6. The monoisotopic (exact) mass is 460 g/mol. The van der Waals surface area contributed by atoms with Crippen molar-refractivity contribution in [2.45, 2.75) is 12.8 Å². The molecule has 1 saturated heterocycles. The summed E-state index contributed by atoms with van der Waals surface area (Å²) < 4.78 is 16.6. The molecule has 1 unspecified atom stereocenters. The lowest BCUT2D eigenvalue weighted by Gasteiger charge is -2.22. The van der Waals surface area contributed by atoms with Gasteiger partial charge in [0.1, 0.15) is 19.0 Å². The lowest BCUT2D eigenvalue weighted by molar-refractivity contribution is 0.171. The largest absolute Gasteiger partial charge is 0.497 e. The molecule has 2 aliphatic heterocycles. The van der Waals surface area contributed by atoms with Gasteiger partial charge in [-0.3, -0.25) is 9.89 Å². The van der Waals surface area contributed by atoms with Crippen molar-refractivity contribution in [2.75, 3.05) is 25.2 Å². The topological polar surface area (TPSA) is 63.5 Å². The molecule has 1 atom stereocenters. The number of ether oxygens (including phenoxy) is 3. The number of hydrogen-bond donors (Lipinski definition) is 1. The number of thioether (sulfide) groups is 1. The van der Waals surface area contributed by atoms with Gasteiger partial charge in [0.25, 0.3) is 0 Å². The Bertz CT molecular complexity index is 1180. The van der Waals surface area contributed by atoms with Gasteiger partial charge in [0.05, 0.1) is 13.7 Å². The van der Waals surface area contributed by atoms with Crippen LogP contribution in [0.5, 0.6) is 17.2 Å². The number of anilines is 1. The van der Waals surface area contributed by atoms with Crippen LogP contribution in [0.15, 0.2) is 82.7 Å². The number of amidine groups is 1. The zero-order chi connectivity index (χ0) is 22.6. The minimum Gasteiger partial charge on any atom is -0.497 e. The fraction of sp³-hybridized carbons (Fsp3) is 0.192. The SMILES string of the molecule is COc1ccc(N2C(=NCc3ccccc3)S/C(=C\c3ccc4c(c3)OCCO4)C2O)cc1. The molecular formula is C26H24N2O4S. The molecule has 6 nitrogen and oxygen atoms in total. The Morgan fingerprint density at radius 2 is 1.79 bits per heavy atom. The highest BCUT2D eigenvalue weighted by atomic mass is 32.2. The molecule has 3 aromatic rings. The second kappa shape index (κ2) is 9.60. The Balaban J connectivity index is 1.47. The zero-order valence-corrected chi connectivity index (χ0v) is 19.0.